The zero-order chi connectivity index (χ0) is 15.6. The van der Waals surface area contributed by atoms with Crippen LogP contribution >= 0.6 is 0 Å². The van der Waals surface area contributed by atoms with Crippen LogP contribution in [0.25, 0.3) is 0 Å². The quantitative estimate of drug-likeness (QED) is 0.824. The van der Waals surface area contributed by atoms with Gasteiger partial charge in [-0.25, -0.2) is 0 Å². The van der Waals surface area contributed by atoms with Crippen LogP contribution in [0.1, 0.15) is 12.0 Å². The minimum atomic E-state index is 0.00771. The summed E-state index contributed by atoms with van der Waals surface area (Å²) in [5, 5.41) is 0. The van der Waals surface area contributed by atoms with E-state index < -0.39 is 0 Å². The third kappa shape index (κ3) is 2.98. The highest BCUT2D eigenvalue weighted by molar-refractivity contribution is 5.80. The summed E-state index contributed by atoms with van der Waals surface area (Å²) in [6.45, 7) is 3.72. The van der Waals surface area contributed by atoms with E-state index in [0.29, 0.717) is 39.6 Å². The molecule has 6 nitrogen and oxygen atoms in total. The van der Waals surface area contributed by atoms with Crippen molar-refractivity contribution in [3.05, 3.63) is 30.1 Å². The number of rotatable bonds is 4. The van der Waals surface area contributed by atoms with Crippen LogP contribution in [0, 0.1) is 11.8 Å². The van der Waals surface area contributed by atoms with E-state index >= 15 is 0 Å². The lowest BCUT2D eigenvalue weighted by Crippen LogP contribution is -2.42. The van der Waals surface area contributed by atoms with Crippen molar-refractivity contribution < 1.29 is 19.0 Å². The van der Waals surface area contributed by atoms with Gasteiger partial charge in [-0.1, -0.05) is 6.07 Å². The molecule has 6 heteroatoms. The van der Waals surface area contributed by atoms with Crippen molar-refractivity contribution in [1.82, 2.24) is 9.88 Å². The summed E-state index contributed by atoms with van der Waals surface area (Å²) in [5.41, 5.74) is 1.05. The molecule has 0 radical (unpaired) electrons. The van der Waals surface area contributed by atoms with Crippen LogP contribution in [0.15, 0.2) is 24.5 Å². The topological polar surface area (TPSA) is 60.9 Å². The van der Waals surface area contributed by atoms with Gasteiger partial charge < -0.3 is 19.1 Å². The number of aromatic nitrogens is 1. The Balaban J connectivity index is 1.41. The lowest BCUT2D eigenvalue weighted by Gasteiger charge is -2.25. The van der Waals surface area contributed by atoms with E-state index in [4.69, 9.17) is 14.2 Å². The van der Waals surface area contributed by atoms with Crippen molar-refractivity contribution in [2.24, 2.45) is 11.8 Å². The van der Waals surface area contributed by atoms with Crippen LogP contribution < -0.4 is 0 Å². The van der Waals surface area contributed by atoms with Gasteiger partial charge in [0.2, 0.25) is 5.91 Å². The SMILES string of the molecule is O=C(C1CCOC1)N1C[C@H](OCc2cccnc2)[C@H]2COC[C@H]21. The van der Waals surface area contributed by atoms with E-state index in [1.54, 1.807) is 6.20 Å². The third-order valence-electron chi connectivity index (χ3n) is 5.10. The van der Waals surface area contributed by atoms with Gasteiger partial charge in [-0.3, -0.25) is 9.78 Å². The molecular weight excluding hydrogens is 296 g/mol. The first kappa shape index (κ1) is 15.1. The molecule has 0 spiro atoms. The number of nitrogens with zero attached hydrogens (tertiary/aromatic N) is 2. The summed E-state index contributed by atoms with van der Waals surface area (Å²) in [5.74, 6) is 0.488. The van der Waals surface area contributed by atoms with E-state index in [2.05, 4.69) is 4.98 Å². The molecule has 4 heterocycles. The molecule has 124 valence electrons. The number of fused-ring (bicyclic) bond motifs is 1. The second kappa shape index (κ2) is 6.55. The molecule has 1 unspecified atom stereocenters. The van der Waals surface area contributed by atoms with Gasteiger partial charge in [-0.2, -0.15) is 0 Å². The first-order valence-corrected chi connectivity index (χ1v) is 8.29. The number of amides is 1. The van der Waals surface area contributed by atoms with Gasteiger partial charge >= 0.3 is 0 Å². The number of hydrogen-bond acceptors (Lipinski definition) is 5. The Bertz CT molecular complexity index is 547. The second-order valence-electron chi connectivity index (χ2n) is 6.53. The number of ether oxygens (including phenoxy) is 3. The molecule has 1 aromatic rings. The minimum Gasteiger partial charge on any atom is -0.381 e. The van der Waals surface area contributed by atoms with Gasteiger partial charge in [-0.15, -0.1) is 0 Å². The summed E-state index contributed by atoms with van der Waals surface area (Å²) >= 11 is 0. The van der Waals surface area contributed by atoms with Gasteiger partial charge in [0, 0.05) is 31.5 Å². The number of hydrogen-bond donors (Lipinski definition) is 0. The molecule has 0 saturated carbocycles. The molecule has 3 aliphatic heterocycles. The van der Waals surface area contributed by atoms with Crippen LogP contribution in [0.4, 0.5) is 0 Å². The second-order valence-corrected chi connectivity index (χ2v) is 6.53. The van der Waals surface area contributed by atoms with Gasteiger partial charge in [0.05, 0.1) is 44.5 Å². The highest BCUT2D eigenvalue weighted by Crippen LogP contribution is 2.34. The number of pyridine rings is 1. The smallest absolute Gasteiger partial charge is 0.228 e. The molecule has 4 atom stereocenters. The molecule has 0 aromatic carbocycles. The molecule has 0 N–H and O–H groups in total. The predicted octanol–water partition coefficient (Wildman–Crippen LogP) is 0.860. The molecule has 3 saturated heterocycles. The zero-order valence-corrected chi connectivity index (χ0v) is 13.1. The molecule has 0 aliphatic carbocycles. The Labute approximate surface area is 135 Å². The Morgan fingerprint density at radius 1 is 1.35 bits per heavy atom. The van der Waals surface area contributed by atoms with Gasteiger partial charge in [-0.05, 0) is 18.1 Å². The Kier molecular flexibility index (Phi) is 4.29. The van der Waals surface area contributed by atoms with Crippen molar-refractivity contribution in [3.8, 4) is 0 Å². The zero-order valence-electron chi connectivity index (χ0n) is 13.1. The maximum atomic E-state index is 12.7. The Hall–Kier alpha value is -1.50. The van der Waals surface area contributed by atoms with Crippen LogP contribution in [-0.4, -0.2) is 60.9 Å². The Morgan fingerprint density at radius 2 is 2.30 bits per heavy atom. The van der Waals surface area contributed by atoms with Crippen molar-refractivity contribution in [1.29, 1.82) is 0 Å². The lowest BCUT2D eigenvalue weighted by molar-refractivity contribution is -0.137. The average molecular weight is 318 g/mol. The van der Waals surface area contributed by atoms with Crippen LogP contribution in [0.2, 0.25) is 0 Å². The van der Waals surface area contributed by atoms with Crippen LogP contribution in [-0.2, 0) is 25.6 Å². The standard InChI is InChI=1S/C17H22N2O4/c20-17(13-3-5-21-9-13)19-7-16(14-10-22-11-15(14)19)23-8-12-2-1-4-18-6-12/h1-2,4,6,13-16H,3,5,7-11H2/t13?,14-,15+,16-/m0/s1. The maximum Gasteiger partial charge on any atom is 0.228 e. The summed E-state index contributed by atoms with van der Waals surface area (Å²) in [6, 6.07) is 4.07. The lowest BCUT2D eigenvalue weighted by atomic mass is 10.0. The largest absolute Gasteiger partial charge is 0.381 e. The maximum absolute atomic E-state index is 12.7. The average Bonchev–Trinajstić information content (AvgIpc) is 3.31. The molecule has 1 amide bonds. The van der Waals surface area contributed by atoms with E-state index in [-0.39, 0.29) is 29.9 Å². The highest BCUT2D eigenvalue weighted by atomic mass is 16.5. The van der Waals surface area contributed by atoms with Crippen molar-refractivity contribution >= 4 is 5.91 Å². The first-order valence-electron chi connectivity index (χ1n) is 8.29. The fourth-order valence-electron chi connectivity index (χ4n) is 3.78. The number of carbonyl (C=O) groups is 1. The summed E-state index contributed by atoms with van der Waals surface area (Å²) in [7, 11) is 0. The van der Waals surface area contributed by atoms with E-state index in [0.717, 1.165) is 12.0 Å². The monoisotopic (exact) mass is 318 g/mol. The molecule has 0 bridgehead atoms. The molecule has 23 heavy (non-hydrogen) atoms. The molecule has 3 fully saturated rings. The van der Waals surface area contributed by atoms with E-state index in [1.807, 2.05) is 23.2 Å². The first-order chi connectivity index (χ1) is 11.3. The number of likely N-dealkylation sites (tertiary alicyclic amines) is 1. The third-order valence-corrected chi connectivity index (χ3v) is 5.10. The summed E-state index contributed by atoms with van der Waals surface area (Å²) < 4.78 is 17.1. The van der Waals surface area contributed by atoms with Crippen molar-refractivity contribution in [2.75, 3.05) is 33.0 Å². The highest BCUT2D eigenvalue weighted by Gasteiger charge is 2.49. The van der Waals surface area contributed by atoms with Crippen molar-refractivity contribution in [2.45, 2.75) is 25.2 Å². The molecule has 4 rings (SSSR count). The normalized spacial score (nSPS) is 33.1. The van der Waals surface area contributed by atoms with Crippen LogP contribution in [0.3, 0.4) is 0 Å². The molecule has 3 aliphatic rings. The number of carbonyl (C=O) groups excluding carboxylic acids is 1. The Morgan fingerprint density at radius 3 is 3.09 bits per heavy atom. The fourth-order valence-corrected chi connectivity index (χ4v) is 3.78. The van der Waals surface area contributed by atoms with Gasteiger partial charge in [0.25, 0.3) is 0 Å². The molecule has 1 aromatic heterocycles. The molecular formula is C17H22N2O4. The van der Waals surface area contributed by atoms with Gasteiger partial charge in [0.15, 0.2) is 0 Å². The van der Waals surface area contributed by atoms with E-state index in [9.17, 15) is 4.79 Å². The summed E-state index contributed by atoms with van der Waals surface area (Å²) in [6.07, 6.45) is 4.43. The fraction of sp³-hybridized carbons (Fsp3) is 0.647. The minimum absolute atomic E-state index is 0.00771. The van der Waals surface area contributed by atoms with E-state index in [1.165, 1.54) is 0 Å². The van der Waals surface area contributed by atoms with Crippen molar-refractivity contribution in [3.63, 3.8) is 0 Å². The summed E-state index contributed by atoms with van der Waals surface area (Å²) in [4.78, 5) is 18.8. The van der Waals surface area contributed by atoms with Crippen LogP contribution in [0.5, 0.6) is 0 Å². The predicted molar refractivity (Wildman–Crippen MR) is 81.6 cm³/mol. The van der Waals surface area contributed by atoms with Gasteiger partial charge in [0.1, 0.15) is 0 Å².